The van der Waals surface area contributed by atoms with Gasteiger partial charge in [-0.3, -0.25) is 9.69 Å². The highest BCUT2D eigenvalue weighted by Gasteiger charge is 2.39. The predicted octanol–water partition coefficient (Wildman–Crippen LogP) is 3.47. The molecule has 3 nitrogen and oxygen atoms in total. The summed E-state index contributed by atoms with van der Waals surface area (Å²) in [4.78, 5) is 14.1. The van der Waals surface area contributed by atoms with Crippen LogP contribution in [0.15, 0.2) is 30.3 Å². The highest BCUT2D eigenvalue weighted by Crippen LogP contribution is 2.39. The summed E-state index contributed by atoms with van der Waals surface area (Å²) in [7, 11) is 0. The van der Waals surface area contributed by atoms with Gasteiger partial charge in [0.05, 0.1) is 0 Å². The summed E-state index contributed by atoms with van der Waals surface area (Å²) in [5.41, 5.74) is 0.922. The molecule has 0 amide bonds. The number of likely N-dealkylation sites (tertiary alicyclic amines) is 1. The second kappa shape index (κ2) is 5.96. The lowest BCUT2D eigenvalue weighted by atomic mass is 9.77. The van der Waals surface area contributed by atoms with E-state index in [1.165, 1.54) is 32.1 Å². The van der Waals surface area contributed by atoms with E-state index in [1.54, 1.807) is 0 Å². The van der Waals surface area contributed by atoms with Crippen LogP contribution in [0.25, 0.3) is 0 Å². The summed E-state index contributed by atoms with van der Waals surface area (Å²) in [6.07, 6.45) is 7.43. The first-order chi connectivity index (χ1) is 9.77. The average Bonchev–Trinajstić information content (AvgIpc) is 2.48. The molecule has 2 aliphatic rings. The number of rotatable bonds is 3. The SMILES string of the molecule is O=C(O)C(c1ccccc1)N1CCC[C@H]2CCCC[C@H]21. The molecule has 1 saturated carbocycles. The van der Waals surface area contributed by atoms with Crippen LogP contribution in [-0.4, -0.2) is 28.6 Å². The number of nitrogens with zero attached hydrogens (tertiary/aromatic N) is 1. The van der Waals surface area contributed by atoms with Gasteiger partial charge in [-0.2, -0.15) is 0 Å². The maximum absolute atomic E-state index is 11.8. The minimum atomic E-state index is -0.706. The normalized spacial score (nSPS) is 28.6. The second-order valence-electron chi connectivity index (χ2n) is 6.14. The molecule has 3 atom stereocenters. The van der Waals surface area contributed by atoms with Gasteiger partial charge in [0.25, 0.3) is 0 Å². The Morgan fingerprint density at radius 1 is 1.10 bits per heavy atom. The fourth-order valence-electron chi connectivity index (χ4n) is 4.10. The topological polar surface area (TPSA) is 40.5 Å². The maximum atomic E-state index is 11.8. The minimum Gasteiger partial charge on any atom is -0.480 e. The second-order valence-corrected chi connectivity index (χ2v) is 6.14. The van der Waals surface area contributed by atoms with Crippen LogP contribution >= 0.6 is 0 Å². The standard InChI is InChI=1S/C17H23NO2/c19-17(20)16(14-8-2-1-3-9-14)18-12-6-10-13-7-4-5-11-15(13)18/h1-3,8-9,13,15-16H,4-7,10-12H2,(H,19,20)/t13-,15-,16?/m1/s1. The number of carboxylic acid groups (broad SMARTS) is 1. The Bertz CT molecular complexity index is 457. The van der Waals surface area contributed by atoms with Gasteiger partial charge in [0.1, 0.15) is 6.04 Å². The van der Waals surface area contributed by atoms with Crippen LogP contribution in [0.5, 0.6) is 0 Å². The molecule has 1 unspecified atom stereocenters. The van der Waals surface area contributed by atoms with Crippen LogP contribution in [0.3, 0.4) is 0 Å². The number of benzene rings is 1. The molecule has 0 radical (unpaired) electrons. The van der Waals surface area contributed by atoms with Crippen molar-refractivity contribution in [1.29, 1.82) is 0 Å². The van der Waals surface area contributed by atoms with Gasteiger partial charge >= 0.3 is 5.97 Å². The summed E-state index contributed by atoms with van der Waals surface area (Å²) in [6.45, 7) is 0.924. The number of hydrogen-bond donors (Lipinski definition) is 1. The fourth-order valence-corrected chi connectivity index (χ4v) is 4.10. The third-order valence-corrected chi connectivity index (χ3v) is 4.97. The van der Waals surface area contributed by atoms with Crippen molar-refractivity contribution >= 4 is 5.97 Å². The van der Waals surface area contributed by atoms with Gasteiger partial charge < -0.3 is 5.11 Å². The lowest BCUT2D eigenvalue weighted by Crippen LogP contribution is -2.50. The average molecular weight is 273 g/mol. The van der Waals surface area contributed by atoms with Crippen molar-refractivity contribution in [3.05, 3.63) is 35.9 Å². The van der Waals surface area contributed by atoms with Gasteiger partial charge in [0, 0.05) is 6.04 Å². The van der Waals surface area contributed by atoms with Gasteiger partial charge in [-0.15, -0.1) is 0 Å². The summed E-state index contributed by atoms with van der Waals surface area (Å²) in [5.74, 6) is 0.00508. The van der Waals surface area contributed by atoms with Gasteiger partial charge in [0.15, 0.2) is 0 Å². The first-order valence-electron chi connectivity index (χ1n) is 7.81. The smallest absolute Gasteiger partial charge is 0.325 e. The summed E-state index contributed by atoms with van der Waals surface area (Å²) in [6, 6.07) is 9.72. The molecule has 1 saturated heterocycles. The van der Waals surface area contributed by atoms with Crippen LogP contribution < -0.4 is 0 Å². The Balaban J connectivity index is 1.88. The van der Waals surface area contributed by atoms with Crippen molar-refractivity contribution in [2.75, 3.05) is 6.54 Å². The molecule has 1 aromatic carbocycles. The number of carboxylic acids is 1. The van der Waals surface area contributed by atoms with Crippen molar-refractivity contribution in [2.24, 2.45) is 5.92 Å². The molecule has 1 aliphatic heterocycles. The molecular formula is C17H23NO2. The molecule has 1 heterocycles. The summed E-state index contributed by atoms with van der Waals surface area (Å²) in [5, 5.41) is 9.73. The van der Waals surface area contributed by atoms with E-state index in [4.69, 9.17) is 0 Å². The maximum Gasteiger partial charge on any atom is 0.325 e. The Morgan fingerprint density at radius 2 is 1.80 bits per heavy atom. The van der Waals surface area contributed by atoms with Crippen molar-refractivity contribution in [1.82, 2.24) is 4.90 Å². The van der Waals surface area contributed by atoms with Gasteiger partial charge in [0.2, 0.25) is 0 Å². The van der Waals surface area contributed by atoms with E-state index >= 15 is 0 Å². The first-order valence-corrected chi connectivity index (χ1v) is 7.81. The predicted molar refractivity (Wildman–Crippen MR) is 78.5 cm³/mol. The van der Waals surface area contributed by atoms with Crippen LogP contribution in [0.2, 0.25) is 0 Å². The third kappa shape index (κ3) is 2.59. The van der Waals surface area contributed by atoms with E-state index < -0.39 is 12.0 Å². The van der Waals surface area contributed by atoms with E-state index in [9.17, 15) is 9.90 Å². The largest absolute Gasteiger partial charge is 0.480 e. The summed E-state index contributed by atoms with van der Waals surface area (Å²) < 4.78 is 0. The van der Waals surface area contributed by atoms with Crippen molar-refractivity contribution in [3.63, 3.8) is 0 Å². The van der Waals surface area contributed by atoms with Crippen molar-refractivity contribution in [3.8, 4) is 0 Å². The molecule has 2 fully saturated rings. The fraction of sp³-hybridized carbons (Fsp3) is 0.588. The highest BCUT2D eigenvalue weighted by molar-refractivity contribution is 5.75. The van der Waals surface area contributed by atoms with Crippen molar-refractivity contribution < 1.29 is 9.90 Å². The summed E-state index contributed by atoms with van der Waals surface area (Å²) >= 11 is 0. The lowest BCUT2D eigenvalue weighted by Gasteiger charge is -2.46. The lowest BCUT2D eigenvalue weighted by molar-refractivity contribution is -0.146. The van der Waals surface area contributed by atoms with E-state index in [1.807, 2.05) is 30.3 Å². The molecule has 20 heavy (non-hydrogen) atoms. The van der Waals surface area contributed by atoms with E-state index in [2.05, 4.69) is 4.90 Å². The van der Waals surface area contributed by atoms with Gasteiger partial charge in [-0.1, -0.05) is 43.2 Å². The molecule has 1 aromatic rings. The zero-order chi connectivity index (χ0) is 13.9. The highest BCUT2D eigenvalue weighted by atomic mass is 16.4. The molecule has 3 heteroatoms. The minimum absolute atomic E-state index is 0.470. The Kier molecular flexibility index (Phi) is 4.06. The third-order valence-electron chi connectivity index (χ3n) is 4.97. The Hall–Kier alpha value is -1.35. The van der Waals surface area contributed by atoms with E-state index in [-0.39, 0.29) is 0 Å². The molecule has 0 spiro atoms. The number of fused-ring (bicyclic) bond motifs is 1. The monoisotopic (exact) mass is 273 g/mol. The number of aliphatic carboxylic acids is 1. The van der Waals surface area contributed by atoms with Crippen LogP contribution in [0, 0.1) is 5.92 Å². The number of carbonyl (C=O) groups is 1. The van der Waals surface area contributed by atoms with Crippen LogP contribution in [0.1, 0.15) is 50.1 Å². The Morgan fingerprint density at radius 3 is 2.55 bits per heavy atom. The number of piperidine rings is 1. The molecule has 3 rings (SSSR count). The Labute approximate surface area is 120 Å². The number of hydrogen-bond acceptors (Lipinski definition) is 2. The van der Waals surface area contributed by atoms with Crippen molar-refractivity contribution in [2.45, 2.75) is 50.6 Å². The zero-order valence-electron chi connectivity index (χ0n) is 11.9. The molecule has 108 valence electrons. The molecule has 0 bridgehead atoms. The quantitative estimate of drug-likeness (QED) is 0.916. The molecule has 1 N–H and O–H groups in total. The van der Waals surface area contributed by atoms with Gasteiger partial charge in [-0.05, 0) is 43.7 Å². The van der Waals surface area contributed by atoms with Gasteiger partial charge in [-0.25, -0.2) is 0 Å². The molecule has 1 aliphatic carbocycles. The zero-order valence-corrected chi connectivity index (χ0v) is 11.9. The first kappa shape index (κ1) is 13.6. The van der Waals surface area contributed by atoms with E-state index in [0.717, 1.165) is 18.5 Å². The van der Waals surface area contributed by atoms with E-state index in [0.29, 0.717) is 12.0 Å². The van der Waals surface area contributed by atoms with Crippen LogP contribution in [-0.2, 0) is 4.79 Å². The van der Waals surface area contributed by atoms with Crippen LogP contribution in [0.4, 0.5) is 0 Å². The molecule has 0 aromatic heterocycles. The molecular weight excluding hydrogens is 250 g/mol.